The topological polar surface area (TPSA) is 23.6 Å². The molecule has 15 heavy (non-hydrogen) atoms. The number of hydrogen-bond acceptors (Lipinski definition) is 3. The van der Waals surface area contributed by atoms with E-state index in [1.807, 2.05) is 0 Å². The monoisotopic (exact) mass is 230 g/mol. The van der Waals surface area contributed by atoms with Crippen LogP contribution in [0.15, 0.2) is 0 Å². The zero-order valence-corrected chi connectivity index (χ0v) is 10.5. The third kappa shape index (κ3) is 3.02. The maximum Gasteiger partial charge on any atom is 0.0249 e. The lowest BCUT2D eigenvalue weighted by Crippen LogP contribution is -2.51. The van der Waals surface area contributed by atoms with Crippen LogP contribution in [-0.2, 0) is 10.8 Å². The summed E-state index contributed by atoms with van der Waals surface area (Å²) in [6, 6.07) is 0.724. The van der Waals surface area contributed by atoms with Crippen LogP contribution in [-0.4, -0.2) is 64.3 Å². The Morgan fingerprint density at radius 2 is 1.73 bits per heavy atom. The van der Waals surface area contributed by atoms with E-state index >= 15 is 0 Å². The minimum atomic E-state index is -0.511. The molecule has 0 amide bonds. The number of hydrogen-bond donors (Lipinski definition) is 0. The van der Waals surface area contributed by atoms with Gasteiger partial charge < -0.3 is 4.90 Å². The third-order valence-electron chi connectivity index (χ3n) is 3.73. The van der Waals surface area contributed by atoms with Gasteiger partial charge >= 0.3 is 0 Å². The first-order valence-electron chi connectivity index (χ1n) is 6.11. The molecule has 0 aromatic carbocycles. The molecule has 0 saturated carbocycles. The maximum absolute atomic E-state index is 11.3. The summed E-state index contributed by atoms with van der Waals surface area (Å²) in [4.78, 5) is 5.12. The molecule has 0 bridgehead atoms. The van der Waals surface area contributed by atoms with Crippen molar-refractivity contribution in [1.82, 2.24) is 9.80 Å². The minimum absolute atomic E-state index is 0.511. The molecule has 2 aliphatic rings. The van der Waals surface area contributed by atoms with E-state index in [-0.39, 0.29) is 0 Å². The molecule has 0 N–H and O–H groups in total. The lowest BCUT2D eigenvalue weighted by Gasteiger charge is -2.40. The molecular formula is C11H22N2OS. The first-order valence-corrected chi connectivity index (χ1v) is 7.59. The Labute approximate surface area is 95.3 Å². The highest BCUT2D eigenvalue weighted by Crippen LogP contribution is 2.17. The Morgan fingerprint density at radius 1 is 1.13 bits per heavy atom. The van der Waals surface area contributed by atoms with Gasteiger partial charge in [0.1, 0.15) is 0 Å². The fourth-order valence-electron chi connectivity index (χ4n) is 2.59. The van der Waals surface area contributed by atoms with E-state index in [2.05, 4.69) is 16.7 Å². The van der Waals surface area contributed by atoms with Crippen LogP contribution >= 0.6 is 0 Å². The summed E-state index contributed by atoms with van der Waals surface area (Å²) in [6.07, 6.45) is 2.30. The van der Waals surface area contributed by atoms with E-state index < -0.39 is 10.8 Å². The van der Waals surface area contributed by atoms with E-state index in [9.17, 15) is 4.21 Å². The van der Waals surface area contributed by atoms with Crippen molar-refractivity contribution in [3.05, 3.63) is 0 Å². The predicted molar refractivity (Wildman–Crippen MR) is 64.6 cm³/mol. The summed E-state index contributed by atoms with van der Waals surface area (Å²) >= 11 is 0. The highest BCUT2D eigenvalue weighted by atomic mass is 32.2. The zero-order valence-electron chi connectivity index (χ0n) is 9.65. The van der Waals surface area contributed by atoms with E-state index in [0.717, 1.165) is 30.4 Å². The van der Waals surface area contributed by atoms with Crippen LogP contribution in [0.4, 0.5) is 0 Å². The normalized spacial score (nSPS) is 35.5. The Morgan fingerprint density at radius 3 is 2.27 bits per heavy atom. The fourth-order valence-corrected chi connectivity index (χ4v) is 3.87. The molecule has 88 valence electrons. The van der Waals surface area contributed by atoms with Crippen molar-refractivity contribution in [1.29, 1.82) is 0 Å². The van der Waals surface area contributed by atoms with Crippen LogP contribution in [0.5, 0.6) is 0 Å². The number of piperazine rings is 1. The molecular weight excluding hydrogens is 208 g/mol. The van der Waals surface area contributed by atoms with Gasteiger partial charge in [-0.1, -0.05) is 6.92 Å². The average Bonchev–Trinajstić information content (AvgIpc) is 2.30. The molecule has 2 saturated heterocycles. The second-order valence-electron chi connectivity index (χ2n) is 4.55. The number of likely N-dealkylation sites (N-methyl/N-ethyl adjacent to an activating group) is 1. The Hall–Kier alpha value is 0.0700. The standard InChI is InChI=1S/C11H22N2OS/c1-2-12-5-7-13(8-6-12)11-3-9-15(14)10-4-11/h11H,2-10H2,1H3. The van der Waals surface area contributed by atoms with Gasteiger partial charge in [-0.2, -0.15) is 0 Å². The van der Waals surface area contributed by atoms with Crippen LogP contribution in [0.1, 0.15) is 19.8 Å². The smallest absolute Gasteiger partial charge is 0.0249 e. The van der Waals surface area contributed by atoms with Crippen molar-refractivity contribution in [2.75, 3.05) is 44.2 Å². The molecule has 0 atom stereocenters. The van der Waals surface area contributed by atoms with Gasteiger partial charge in [0.25, 0.3) is 0 Å². The van der Waals surface area contributed by atoms with Crippen LogP contribution in [0, 0.1) is 0 Å². The minimum Gasteiger partial charge on any atom is -0.301 e. The first kappa shape index (κ1) is 11.6. The molecule has 0 aliphatic carbocycles. The van der Waals surface area contributed by atoms with Crippen molar-refractivity contribution >= 4 is 10.8 Å². The second-order valence-corrected chi connectivity index (χ2v) is 6.25. The molecule has 0 aromatic heterocycles. The molecule has 3 nitrogen and oxygen atoms in total. The van der Waals surface area contributed by atoms with Crippen LogP contribution in [0.2, 0.25) is 0 Å². The Bertz CT molecular complexity index is 217. The van der Waals surface area contributed by atoms with Crippen molar-refractivity contribution < 1.29 is 4.21 Å². The summed E-state index contributed by atoms with van der Waals surface area (Å²) in [5.41, 5.74) is 0. The molecule has 2 aliphatic heterocycles. The van der Waals surface area contributed by atoms with Crippen molar-refractivity contribution in [2.45, 2.75) is 25.8 Å². The molecule has 0 spiro atoms. The Balaban J connectivity index is 1.78. The molecule has 2 rings (SSSR count). The van der Waals surface area contributed by atoms with Gasteiger partial charge in [-0.05, 0) is 19.4 Å². The maximum atomic E-state index is 11.3. The molecule has 2 heterocycles. The highest BCUT2D eigenvalue weighted by molar-refractivity contribution is 7.85. The fraction of sp³-hybridized carbons (Fsp3) is 1.00. The lowest BCUT2D eigenvalue weighted by atomic mass is 10.1. The summed E-state index contributed by atoms with van der Waals surface area (Å²) in [5.74, 6) is 1.86. The molecule has 4 heteroatoms. The summed E-state index contributed by atoms with van der Waals surface area (Å²) in [7, 11) is -0.511. The molecule has 0 aromatic rings. The van der Waals surface area contributed by atoms with Gasteiger partial charge in [0, 0.05) is 54.5 Å². The first-order chi connectivity index (χ1) is 7.29. The third-order valence-corrected chi connectivity index (χ3v) is 5.11. The molecule has 0 radical (unpaired) electrons. The number of rotatable bonds is 2. The zero-order chi connectivity index (χ0) is 10.7. The van der Waals surface area contributed by atoms with Gasteiger partial charge in [-0.3, -0.25) is 9.11 Å². The van der Waals surface area contributed by atoms with E-state index in [1.54, 1.807) is 0 Å². The summed E-state index contributed by atoms with van der Waals surface area (Å²) < 4.78 is 11.3. The SMILES string of the molecule is CCN1CCN(C2CCS(=O)CC2)CC1. The second kappa shape index (κ2) is 5.41. The average molecular weight is 230 g/mol. The van der Waals surface area contributed by atoms with Crippen LogP contribution in [0.3, 0.4) is 0 Å². The van der Waals surface area contributed by atoms with Gasteiger partial charge in [-0.15, -0.1) is 0 Å². The Kier molecular flexibility index (Phi) is 4.17. The summed E-state index contributed by atoms with van der Waals surface area (Å²) in [5, 5.41) is 0. The van der Waals surface area contributed by atoms with Crippen molar-refractivity contribution in [2.24, 2.45) is 0 Å². The van der Waals surface area contributed by atoms with Crippen molar-refractivity contribution in [3.63, 3.8) is 0 Å². The van der Waals surface area contributed by atoms with E-state index in [1.165, 1.54) is 32.7 Å². The lowest BCUT2D eigenvalue weighted by molar-refractivity contribution is 0.0948. The molecule has 0 unspecified atom stereocenters. The van der Waals surface area contributed by atoms with E-state index in [0.29, 0.717) is 0 Å². The van der Waals surface area contributed by atoms with Crippen LogP contribution in [0.25, 0.3) is 0 Å². The predicted octanol–water partition coefficient (Wildman–Crippen LogP) is 0.535. The highest BCUT2D eigenvalue weighted by Gasteiger charge is 2.26. The van der Waals surface area contributed by atoms with Gasteiger partial charge in [0.15, 0.2) is 0 Å². The van der Waals surface area contributed by atoms with E-state index in [4.69, 9.17) is 0 Å². The quantitative estimate of drug-likeness (QED) is 0.691. The van der Waals surface area contributed by atoms with Gasteiger partial charge in [-0.25, -0.2) is 0 Å². The van der Waals surface area contributed by atoms with Gasteiger partial charge in [0.2, 0.25) is 0 Å². The molecule has 2 fully saturated rings. The van der Waals surface area contributed by atoms with Crippen molar-refractivity contribution in [3.8, 4) is 0 Å². The summed E-state index contributed by atoms with van der Waals surface area (Å²) in [6.45, 7) is 8.28. The largest absolute Gasteiger partial charge is 0.301 e. The van der Waals surface area contributed by atoms with Crippen LogP contribution < -0.4 is 0 Å². The number of nitrogens with zero attached hydrogens (tertiary/aromatic N) is 2. The van der Waals surface area contributed by atoms with Gasteiger partial charge in [0.05, 0.1) is 0 Å².